The van der Waals surface area contributed by atoms with E-state index in [2.05, 4.69) is 5.32 Å². The number of carbonyl (C=O) groups is 1. The maximum absolute atomic E-state index is 11.0. The van der Waals surface area contributed by atoms with E-state index >= 15 is 0 Å². The Hall–Kier alpha value is -0.610. The second-order valence-electron chi connectivity index (χ2n) is 4.05. The molecular weight excluding hydrogens is 168 g/mol. The fraction of sp³-hybridized carbons (Fsp3) is 0.889. The van der Waals surface area contributed by atoms with Gasteiger partial charge in [-0.25, -0.2) is 0 Å². The highest BCUT2D eigenvalue weighted by Gasteiger charge is 2.40. The van der Waals surface area contributed by atoms with Gasteiger partial charge in [0.05, 0.1) is 18.1 Å². The van der Waals surface area contributed by atoms with Gasteiger partial charge in [0.1, 0.15) is 0 Å². The predicted octanol–water partition coefficient (Wildman–Crippen LogP) is -0.370. The molecule has 3 N–H and O–H groups in total. The van der Waals surface area contributed by atoms with E-state index in [-0.39, 0.29) is 17.4 Å². The van der Waals surface area contributed by atoms with Gasteiger partial charge < -0.3 is 15.8 Å². The maximum atomic E-state index is 11.0. The van der Waals surface area contributed by atoms with Crippen LogP contribution >= 0.6 is 0 Å². The number of nitrogens with two attached hydrogens (primary N) is 1. The Morgan fingerprint density at radius 2 is 2.31 bits per heavy atom. The van der Waals surface area contributed by atoms with Crippen molar-refractivity contribution < 1.29 is 9.53 Å². The van der Waals surface area contributed by atoms with Gasteiger partial charge in [-0.15, -0.1) is 0 Å². The number of nitrogens with one attached hydrogen (secondary N) is 1. The molecule has 2 saturated heterocycles. The zero-order valence-corrected chi connectivity index (χ0v) is 7.71. The van der Waals surface area contributed by atoms with Gasteiger partial charge in [0.15, 0.2) is 0 Å². The second-order valence-corrected chi connectivity index (χ2v) is 4.05. The molecule has 2 heterocycles. The summed E-state index contributed by atoms with van der Waals surface area (Å²) in [5.74, 6) is -0.201. The van der Waals surface area contributed by atoms with E-state index in [0.717, 1.165) is 32.4 Å². The quantitative estimate of drug-likeness (QED) is 0.584. The van der Waals surface area contributed by atoms with Crippen molar-refractivity contribution in [1.82, 2.24) is 5.32 Å². The van der Waals surface area contributed by atoms with E-state index in [9.17, 15) is 4.79 Å². The highest BCUT2D eigenvalue weighted by Crippen LogP contribution is 2.33. The lowest BCUT2D eigenvalue weighted by Gasteiger charge is -2.41. The van der Waals surface area contributed by atoms with E-state index in [4.69, 9.17) is 10.5 Å². The summed E-state index contributed by atoms with van der Waals surface area (Å²) in [5.41, 5.74) is 5.30. The first-order valence-electron chi connectivity index (χ1n) is 4.86. The van der Waals surface area contributed by atoms with Gasteiger partial charge in [-0.3, -0.25) is 4.79 Å². The van der Waals surface area contributed by atoms with Crippen LogP contribution in [0.5, 0.6) is 0 Å². The van der Waals surface area contributed by atoms with Crippen molar-refractivity contribution in [3.05, 3.63) is 0 Å². The summed E-state index contributed by atoms with van der Waals surface area (Å²) < 4.78 is 5.55. The summed E-state index contributed by atoms with van der Waals surface area (Å²) in [5, 5.41) is 3.25. The Balaban J connectivity index is 1.93. The van der Waals surface area contributed by atoms with Crippen LogP contribution in [0.25, 0.3) is 0 Å². The fourth-order valence-electron chi connectivity index (χ4n) is 2.07. The summed E-state index contributed by atoms with van der Waals surface area (Å²) in [6.07, 6.45) is 2.95. The van der Waals surface area contributed by atoms with Crippen molar-refractivity contribution in [1.29, 1.82) is 0 Å². The molecule has 1 amide bonds. The van der Waals surface area contributed by atoms with Gasteiger partial charge in [-0.05, 0) is 12.8 Å². The highest BCUT2D eigenvalue weighted by atomic mass is 16.5. The molecule has 0 bridgehead atoms. The third-order valence-electron chi connectivity index (χ3n) is 3.15. The Kier molecular flexibility index (Phi) is 2.26. The number of rotatable bonds is 1. The van der Waals surface area contributed by atoms with Crippen LogP contribution in [0.3, 0.4) is 0 Å². The molecule has 0 aliphatic carbocycles. The number of hydrogen-bond acceptors (Lipinski definition) is 3. The highest BCUT2D eigenvalue weighted by molar-refractivity contribution is 5.76. The average Bonchev–Trinajstić information content (AvgIpc) is 2.24. The first kappa shape index (κ1) is 8.97. The lowest BCUT2D eigenvalue weighted by molar-refractivity contribution is -0.147. The van der Waals surface area contributed by atoms with Crippen molar-refractivity contribution in [3.63, 3.8) is 0 Å². The summed E-state index contributed by atoms with van der Waals surface area (Å²) >= 11 is 0. The number of carbonyl (C=O) groups excluding carboxylic acids is 1. The molecule has 2 unspecified atom stereocenters. The summed E-state index contributed by atoms with van der Waals surface area (Å²) in [6, 6.07) is 0. The molecule has 0 aromatic carbocycles. The van der Waals surface area contributed by atoms with Crippen LogP contribution in [-0.4, -0.2) is 31.2 Å². The molecule has 13 heavy (non-hydrogen) atoms. The maximum Gasteiger partial charge on any atom is 0.221 e. The molecule has 1 spiro atoms. The molecular formula is C9H16N2O2. The number of amides is 1. The smallest absolute Gasteiger partial charge is 0.221 e. The molecule has 0 radical (unpaired) electrons. The average molecular weight is 184 g/mol. The normalized spacial score (nSPS) is 39.5. The SMILES string of the molecule is NC(=O)C1CCC2(CCO2)CNC1. The van der Waals surface area contributed by atoms with E-state index < -0.39 is 0 Å². The van der Waals surface area contributed by atoms with Crippen molar-refractivity contribution >= 4 is 5.91 Å². The minimum Gasteiger partial charge on any atom is -0.373 e. The van der Waals surface area contributed by atoms with Crippen molar-refractivity contribution in [3.8, 4) is 0 Å². The summed E-state index contributed by atoms with van der Waals surface area (Å²) in [6.45, 7) is 2.44. The third-order valence-corrected chi connectivity index (χ3v) is 3.15. The van der Waals surface area contributed by atoms with Crippen LogP contribution < -0.4 is 11.1 Å². The molecule has 74 valence electrons. The molecule has 2 rings (SSSR count). The topological polar surface area (TPSA) is 64.4 Å². The van der Waals surface area contributed by atoms with Gasteiger partial charge >= 0.3 is 0 Å². The minimum absolute atomic E-state index is 0.0106. The fourth-order valence-corrected chi connectivity index (χ4v) is 2.07. The van der Waals surface area contributed by atoms with Crippen LogP contribution in [0.15, 0.2) is 0 Å². The van der Waals surface area contributed by atoms with Crippen LogP contribution in [0.1, 0.15) is 19.3 Å². The monoisotopic (exact) mass is 184 g/mol. The van der Waals surface area contributed by atoms with Crippen LogP contribution in [0.2, 0.25) is 0 Å². The lowest BCUT2D eigenvalue weighted by Crippen LogP contribution is -2.50. The van der Waals surface area contributed by atoms with E-state index in [1.54, 1.807) is 0 Å². The molecule has 2 atom stereocenters. The molecule has 0 aromatic heterocycles. The van der Waals surface area contributed by atoms with Crippen molar-refractivity contribution in [2.24, 2.45) is 11.7 Å². The van der Waals surface area contributed by atoms with Gasteiger partial charge in [-0.2, -0.15) is 0 Å². The third kappa shape index (κ3) is 1.69. The van der Waals surface area contributed by atoms with Crippen LogP contribution in [0, 0.1) is 5.92 Å². The van der Waals surface area contributed by atoms with E-state index in [1.807, 2.05) is 0 Å². The minimum atomic E-state index is -0.191. The zero-order chi connectivity index (χ0) is 9.31. The molecule has 4 nitrogen and oxygen atoms in total. The summed E-state index contributed by atoms with van der Waals surface area (Å²) in [4.78, 5) is 11.0. The molecule has 4 heteroatoms. The van der Waals surface area contributed by atoms with Gasteiger partial charge in [0.25, 0.3) is 0 Å². The molecule has 0 aromatic rings. The van der Waals surface area contributed by atoms with Crippen LogP contribution in [-0.2, 0) is 9.53 Å². The Morgan fingerprint density at radius 3 is 2.85 bits per heavy atom. The van der Waals surface area contributed by atoms with E-state index in [1.165, 1.54) is 0 Å². The largest absolute Gasteiger partial charge is 0.373 e. The number of primary amides is 1. The molecule has 2 aliphatic rings. The Bertz CT molecular complexity index is 214. The predicted molar refractivity (Wildman–Crippen MR) is 48.1 cm³/mol. The molecule has 0 saturated carbocycles. The molecule has 2 fully saturated rings. The number of hydrogen-bond donors (Lipinski definition) is 2. The second kappa shape index (κ2) is 3.27. The van der Waals surface area contributed by atoms with Crippen LogP contribution in [0.4, 0.5) is 0 Å². The van der Waals surface area contributed by atoms with Gasteiger partial charge in [0, 0.05) is 19.5 Å². The van der Waals surface area contributed by atoms with Crippen molar-refractivity contribution in [2.75, 3.05) is 19.7 Å². The van der Waals surface area contributed by atoms with Gasteiger partial charge in [0.2, 0.25) is 5.91 Å². The first-order valence-corrected chi connectivity index (χ1v) is 4.86. The van der Waals surface area contributed by atoms with E-state index in [0.29, 0.717) is 6.54 Å². The van der Waals surface area contributed by atoms with Crippen molar-refractivity contribution in [2.45, 2.75) is 24.9 Å². The summed E-state index contributed by atoms with van der Waals surface area (Å²) in [7, 11) is 0. The number of ether oxygens (including phenoxy) is 1. The van der Waals surface area contributed by atoms with Gasteiger partial charge in [-0.1, -0.05) is 0 Å². The first-order chi connectivity index (χ1) is 6.22. The Morgan fingerprint density at radius 1 is 1.54 bits per heavy atom. The Labute approximate surface area is 77.8 Å². The molecule has 2 aliphatic heterocycles. The lowest BCUT2D eigenvalue weighted by atomic mass is 9.88. The zero-order valence-electron chi connectivity index (χ0n) is 7.71. The standard InChI is InChI=1S/C9H16N2O2/c10-8(12)7-1-2-9(3-4-13-9)6-11-5-7/h7,11H,1-6H2,(H2,10,12).